The molecule has 0 aromatic heterocycles. The Kier molecular flexibility index (Phi) is 3.63. The minimum Gasteiger partial charge on any atom is -0.493 e. The van der Waals surface area contributed by atoms with Crippen LogP contribution >= 0.6 is 0 Å². The molecule has 3 heteroatoms. The summed E-state index contributed by atoms with van der Waals surface area (Å²) in [5.41, 5.74) is 8.36. The van der Waals surface area contributed by atoms with Crippen molar-refractivity contribution in [1.82, 2.24) is 0 Å². The summed E-state index contributed by atoms with van der Waals surface area (Å²) in [5.74, 6) is 0.681. The highest BCUT2D eigenvalue weighted by atomic mass is 16.5. The number of nitrogen functional groups attached to an aromatic ring is 1. The summed E-state index contributed by atoms with van der Waals surface area (Å²) in [7, 11) is 0. The standard InChI is InChI=1S/C15H16N2O/c1-2-18-14-9-8-12(10-13(14)15(16)17)11-6-4-3-5-7-11/h3-10H,2H2,1H3,(H3,16,17). The maximum atomic E-state index is 7.61. The third-order valence-electron chi connectivity index (χ3n) is 2.68. The van der Waals surface area contributed by atoms with Crippen molar-refractivity contribution in [2.75, 3.05) is 6.61 Å². The van der Waals surface area contributed by atoms with E-state index in [1.54, 1.807) is 0 Å². The average Bonchev–Trinajstić information content (AvgIpc) is 2.40. The van der Waals surface area contributed by atoms with Crippen LogP contribution in [-0.4, -0.2) is 12.4 Å². The van der Waals surface area contributed by atoms with E-state index in [9.17, 15) is 0 Å². The van der Waals surface area contributed by atoms with Gasteiger partial charge in [0.2, 0.25) is 0 Å². The van der Waals surface area contributed by atoms with Crippen LogP contribution in [0.15, 0.2) is 48.5 Å². The minimum absolute atomic E-state index is 0.0243. The fourth-order valence-electron chi connectivity index (χ4n) is 1.83. The fraction of sp³-hybridized carbons (Fsp3) is 0.133. The smallest absolute Gasteiger partial charge is 0.130 e. The zero-order valence-electron chi connectivity index (χ0n) is 10.3. The fourth-order valence-corrected chi connectivity index (χ4v) is 1.83. The van der Waals surface area contributed by atoms with Crippen molar-refractivity contribution in [3.05, 3.63) is 54.1 Å². The molecule has 0 radical (unpaired) electrons. The normalized spacial score (nSPS) is 10.1. The van der Waals surface area contributed by atoms with Crippen LogP contribution in [0.25, 0.3) is 11.1 Å². The third-order valence-corrected chi connectivity index (χ3v) is 2.68. The van der Waals surface area contributed by atoms with E-state index in [0.29, 0.717) is 17.9 Å². The van der Waals surface area contributed by atoms with Crippen LogP contribution in [-0.2, 0) is 0 Å². The predicted molar refractivity (Wildman–Crippen MR) is 74.1 cm³/mol. The Hall–Kier alpha value is -2.29. The third kappa shape index (κ3) is 2.51. The Morgan fingerprint density at radius 3 is 2.44 bits per heavy atom. The van der Waals surface area contributed by atoms with E-state index in [1.165, 1.54) is 0 Å². The van der Waals surface area contributed by atoms with Gasteiger partial charge in [-0.2, -0.15) is 0 Å². The van der Waals surface area contributed by atoms with Gasteiger partial charge in [-0.25, -0.2) is 0 Å². The molecule has 0 saturated carbocycles. The van der Waals surface area contributed by atoms with Crippen LogP contribution in [0.3, 0.4) is 0 Å². The van der Waals surface area contributed by atoms with Gasteiger partial charge in [0.15, 0.2) is 0 Å². The van der Waals surface area contributed by atoms with Gasteiger partial charge in [0.25, 0.3) is 0 Å². The topological polar surface area (TPSA) is 59.1 Å². The van der Waals surface area contributed by atoms with Crippen LogP contribution in [0, 0.1) is 5.41 Å². The molecule has 92 valence electrons. The maximum Gasteiger partial charge on any atom is 0.130 e. The molecule has 0 atom stereocenters. The quantitative estimate of drug-likeness (QED) is 0.637. The Bertz CT molecular complexity index is 550. The molecular weight excluding hydrogens is 224 g/mol. The highest BCUT2D eigenvalue weighted by Crippen LogP contribution is 2.26. The lowest BCUT2D eigenvalue weighted by molar-refractivity contribution is 0.339. The summed E-state index contributed by atoms with van der Waals surface area (Å²) in [5, 5.41) is 7.61. The first-order valence-corrected chi connectivity index (χ1v) is 5.89. The van der Waals surface area contributed by atoms with Crippen LogP contribution in [0.4, 0.5) is 0 Å². The van der Waals surface area contributed by atoms with Gasteiger partial charge in [-0.3, -0.25) is 5.41 Å². The van der Waals surface area contributed by atoms with E-state index in [4.69, 9.17) is 15.9 Å². The lowest BCUT2D eigenvalue weighted by Crippen LogP contribution is -2.13. The van der Waals surface area contributed by atoms with Crippen LogP contribution in [0.1, 0.15) is 12.5 Å². The Morgan fingerprint density at radius 2 is 1.83 bits per heavy atom. The number of benzene rings is 2. The van der Waals surface area contributed by atoms with Crippen molar-refractivity contribution in [3.63, 3.8) is 0 Å². The van der Waals surface area contributed by atoms with E-state index in [0.717, 1.165) is 11.1 Å². The second kappa shape index (κ2) is 5.36. The molecule has 2 rings (SSSR count). The van der Waals surface area contributed by atoms with E-state index in [2.05, 4.69) is 0 Å². The van der Waals surface area contributed by atoms with E-state index >= 15 is 0 Å². The van der Waals surface area contributed by atoms with Crippen molar-refractivity contribution in [2.45, 2.75) is 6.92 Å². The first-order chi connectivity index (χ1) is 8.72. The molecule has 0 aliphatic carbocycles. The zero-order chi connectivity index (χ0) is 13.0. The predicted octanol–water partition coefficient (Wildman–Crippen LogP) is 3.04. The van der Waals surface area contributed by atoms with Gasteiger partial charge in [-0.1, -0.05) is 36.4 Å². The van der Waals surface area contributed by atoms with Gasteiger partial charge in [0.05, 0.1) is 12.2 Å². The SMILES string of the molecule is CCOc1ccc(-c2ccccc2)cc1C(=N)N. The largest absolute Gasteiger partial charge is 0.493 e. The molecule has 0 aliphatic heterocycles. The van der Waals surface area contributed by atoms with Crippen molar-refractivity contribution in [2.24, 2.45) is 5.73 Å². The summed E-state index contributed by atoms with van der Waals surface area (Å²) in [6.45, 7) is 2.47. The highest BCUT2D eigenvalue weighted by molar-refractivity contribution is 5.98. The van der Waals surface area contributed by atoms with Crippen LogP contribution < -0.4 is 10.5 Å². The van der Waals surface area contributed by atoms with Gasteiger partial charge >= 0.3 is 0 Å². The number of nitrogens with one attached hydrogen (secondary N) is 1. The van der Waals surface area contributed by atoms with E-state index in [-0.39, 0.29) is 5.84 Å². The molecule has 0 spiro atoms. The van der Waals surface area contributed by atoms with Crippen molar-refractivity contribution in [1.29, 1.82) is 5.41 Å². The molecule has 0 fully saturated rings. The second-order valence-electron chi connectivity index (χ2n) is 3.92. The summed E-state index contributed by atoms with van der Waals surface area (Å²) in [4.78, 5) is 0. The first-order valence-electron chi connectivity index (χ1n) is 5.89. The Morgan fingerprint density at radius 1 is 1.11 bits per heavy atom. The highest BCUT2D eigenvalue weighted by Gasteiger charge is 2.08. The van der Waals surface area contributed by atoms with Gasteiger partial charge in [0, 0.05) is 0 Å². The second-order valence-corrected chi connectivity index (χ2v) is 3.92. The molecular formula is C15H16N2O. The van der Waals surface area contributed by atoms with Gasteiger partial charge in [-0.05, 0) is 30.2 Å². The molecule has 2 aromatic rings. The van der Waals surface area contributed by atoms with Crippen molar-refractivity contribution in [3.8, 4) is 16.9 Å². The summed E-state index contributed by atoms with van der Waals surface area (Å²) in [6, 6.07) is 15.7. The Balaban J connectivity index is 2.46. The number of amidine groups is 1. The molecule has 3 nitrogen and oxygen atoms in total. The molecule has 0 heterocycles. The average molecular weight is 240 g/mol. The molecule has 2 aromatic carbocycles. The van der Waals surface area contributed by atoms with Crippen LogP contribution in [0.2, 0.25) is 0 Å². The van der Waals surface area contributed by atoms with Crippen molar-refractivity contribution < 1.29 is 4.74 Å². The number of nitrogens with two attached hydrogens (primary N) is 1. The maximum absolute atomic E-state index is 7.61. The summed E-state index contributed by atoms with van der Waals surface area (Å²) < 4.78 is 5.47. The molecule has 0 unspecified atom stereocenters. The van der Waals surface area contributed by atoms with Gasteiger partial charge < -0.3 is 10.5 Å². The summed E-state index contributed by atoms with van der Waals surface area (Å²) in [6.07, 6.45) is 0. The molecule has 0 amide bonds. The molecule has 3 N–H and O–H groups in total. The minimum atomic E-state index is 0.0243. The monoisotopic (exact) mass is 240 g/mol. The molecule has 0 saturated heterocycles. The first kappa shape index (κ1) is 12.2. The van der Waals surface area contributed by atoms with Gasteiger partial charge in [0.1, 0.15) is 11.6 Å². The zero-order valence-corrected chi connectivity index (χ0v) is 10.3. The van der Waals surface area contributed by atoms with Crippen molar-refractivity contribution >= 4 is 5.84 Å². The number of hydrogen-bond donors (Lipinski definition) is 2. The van der Waals surface area contributed by atoms with Crippen LogP contribution in [0.5, 0.6) is 5.75 Å². The lowest BCUT2D eigenvalue weighted by atomic mass is 10.0. The number of hydrogen-bond acceptors (Lipinski definition) is 2. The molecule has 0 aliphatic rings. The molecule has 18 heavy (non-hydrogen) atoms. The van der Waals surface area contributed by atoms with E-state index < -0.39 is 0 Å². The summed E-state index contributed by atoms with van der Waals surface area (Å²) >= 11 is 0. The number of rotatable bonds is 4. The van der Waals surface area contributed by atoms with E-state index in [1.807, 2.05) is 55.5 Å². The number of ether oxygens (including phenoxy) is 1. The van der Waals surface area contributed by atoms with Gasteiger partial charge in [-0.15, -0.1) is 0 Å². The lowest BCUT2D eigenvalue weighted by Gasteiger charge is -2.11. The molecule has 0 bridgehead atoms. The Labute approximate surface area is 107 Å².